The van der Waals surface area contributed by atoms with Gasteiger partial charge in [-0.05, 0) is 56.7 Å². The van der Waals surface area contributed by atoms with Gasteiger partial charge in [-0.1, -0.05) is 13.0 Å². The lowest BCUT2D eigenvalue weighted by Crippen LogP contribution is -2.67. The van der Waals surface area contributed by atoms with Crippen LogP contribution in [0.5, 0.6) is 0 Å². The van der Waals surface area contributed by atoms with Crippen molar-refractivity contribution in [1.82, 2.24) is 9.62 Å². The summed E-state index contributed by atoms with van der Waals surface area (Å²) in [6.07, 6.45) is 2.35. The zero-order valence-electron chi connectivity index (χ0n) is 16.8. The summed E-state index contributed by atoms with van der Waals surface area (Å²) in [4.78, 5) is 26.2. The summed E-state index contributed by atoms with van der Waals surface area (Å²) >= 11 is 0. The van der Waals surface area contributed by atoms with Crippen LogP contribution in [0.3, 0.4) is 0 Å². The van der Waals surface area contributed by atoms with Crippen LogP contribution in [0.2, 0.25) is 0 Å². The third-order valence-corrected chi connectivity index (χ3v) is 9.09. The summed E-state index contributed by atoms with van der Waals surface area (Å²) in [5.41, 5.74) is -0.256. The van der Waals surface area contributed by atoms with Crippen LogP contribution in [0.15, 0.2) is 21.9 Å². The molecule has 1 unspecified atom stereocenters. The van der Waals surface area contributed by atoms with Crippen molar-refractivity contribution in [1.29, 1.82) is 0 Å². The molecule has 2 aliphatic heterocycles. The van der Waals surface area contributed by atoms with Gasteiger partial charge in [0, 0.05) is 13.0 Å². The van der Waals surface area contributed by atoms with Gasteiger partial charge >= 0.3 is 0 Å². The number of carbonyl (C=O) groups excluding carboxylic acids is 2. The smallest absolute Gasteiger partial charge is 0.264 e. The highest BCUT2D eigenvalue weighted by atomic mass is 32.2. The minimum absolute atomic E-state index is 0.0109. The van der Waals surface area contributed by atoms with E-state index in [2.05, 4.69) is 4.72 Å². The van der Waals surface area contributed by atoms with Crippen molar-refractivity contribution in [2.24, 2.45) is 0 Å². The van der Waals surface area contributed by atoms with Crippen molar-refractivity contribution in [3.8, 4) is 0 Å². The fourth-order valence-corrected chi connectivity index (χ4v) is 6.90. The van der Waals surface area contributed by atoms with Gasteiger partial charge in [0.2, 0.25) is 5.91 Å². The minimum Gasteiger partial charge on any atom is -0.328 e. The summed E-state index contributed by atoms with van der Waals surface area (Å²) in [6, 6.07) is 2.71. The first-order valence-corrected chi connectivity index (χ1v) is 12.8. The second-order valence-corrected chi connectivity index (χ2v) is 11.6. The second-order valence-electron chi connectivity index (χ2n) is 7.90. The van der Waals surface area contributed by atoms with Gasteiger partial charge in [-0.2, -0.15) is 0 Å². The summed E-state index contributed by atoms with van der Waals surface area (Å²) in [7, 11) is -7.84. The van der Waals surface area contributed by atoms with Gasteiger partial charge in [-0.25, -0.2) is 21.6 Å². The Hall–Kier alpha value is -1.94. The predicted molar refractivity (Wildman–Crippen MR) is 107 cm³/mol. The molecule has 2 aliphatic rings. The van der Waals surface area contributed by atoms with Crippen molar-refractivity contribution in [2.45, 2.75) is 68.2 Å². The van der Waals surface area contributed by atoms with Crippen LogP contribution in [0.25, 0.3) is 0 Å². The lowest BCUT2D eigenvalue weighted by molar-refractivity contribution is -0.156. The summed E-state index contributed by atoms with van der Waals surface area (Å²) in [6.45, 7) is 5.37. The Morgan fingerprint density at radius 1 is 1.28 bits per heavy atom. The van der Waals surface area contributed by atoms with Crippen molar-refractivity contribution in [3.63, 3.8) is 0 Å². The number of aryl methyl sites for hydroxylation is 2. The van der Waals surface area contributed by atoms with Gasteiger partial charge in [0.1, 0.15) is 5.54 Å². The van der Waals surface area contributed by atoms with Gasteiger partial charge in [-0.3, -0.25) is 9.59 Å². The van der Waals surface area contributed by atoms with E-state index < -0.39 is 31.3 Å². The van der Waals surface area contributed by atoms with E-state index in [0.29, 0.717) is 43.4 Å². The van der Waals surface area contributed by atoms with E-state index in [1.54, 1.807) is 19.9 Å². The van der Waals surface area contributed by atoms with Crippen LogP contribution >= 0.6 is 0 Å². The first-order chi connectivity index (χ1) is 13.4. The first-order valence-electron chi connectivity index (χ1n) is 9.66. The Morgan fingerprint density at radius 2 is 1.97 bits per heavy atom. The molecule has 0 spiro atoms. The molecule has 0 radical (unpaired) electrons. The SMILES string of the molecule is CCCC(=O)N1CCC1(C)C(=O)NS(=O)(=O)c1cc2c(cc1C)CCCS2(=O)=O. The van der Waals surface area contributed by atoms with Crippen LogP contribution in [-0.2, 0) is 35.9 Å². The number of nitrogens with one attached hydrogen (secondary N) is 1. The fourth-order valence-electron chi connectivity index (χ4n) is 3.90. The van der Waals surface area contributed by atoms with Crippen LogP contribution in [0, 0.1) is 6.92 Å². The highest BCUT2D eigenvalue weighted by Crippen LogP contribution is 2.33. The average Bonchev–Trinajstić information content (AvgIpc) is 2.58. The van der Waals surface area contributed by atoms with Crippen molar-refractivity contribution < 1.29 is 26.4 Å². The Balaban J connectivity index is 1.91. The number of sulfone groups is 1. The number of hydrogen-bond donors (Lipinski definition) is 1. The maximum absolute atomic E-state index is 12.9. The molecular formula is C19H26N2O6S2. The van der Waals surface area contributed by atoms with Gasteiger partial charge < -0.3 is 4.90 Å². The zero-order valence-corrected chi connectivity index (χ0v) is 18.5. The van der Waals surface area contributed by atoms with E-state index in [1.165, 1.54) is 4.90 Å². The van der Waals surface area contributed by atoms with E-state index in [-0.39, 0.29) is 27.9 Å². The second kappa shape index (κ2) is 7.39. The van der Waals surface area contributed by atoms with Crippen molar-refractivity contribution >= 4 is 31.7 Å². The predicted octanol–water partition coefficient (Wildman–Crippen LogP) is 1.31. The molecular weight excluding hydrogens is 416 g/mol. The quantitative estimate of drug-likeness (QED) is 0.735. The molecule has 160 valence electrons. The maximum Gasteiger partial charge on any atom is 0.264 e. The molecule has 2 heterocycles. The van der Waals surface area contributed by atoms with Gasteiger partial charge in [0.05, 0.1) is 15.5 Å². The molecule has 0 aromatic heterocycles. The Morgan fingerprint density at radius 3 is 2.55 bits per heavy atom. The number of rotatable bonds is 5. The molecule has 1 aromatic carbocycles. The van der Waals surface area contributed by atoms with E-state index in [1.807, 2.05) is 6.92 Å². The number of hydrogen-bond acceptors (Lipinski definition) is 6. The number of benzene rings is 1. The van der Waals surface area contributed by atoms with Crippen LogP contribution < -0.4 is 4.72 Å². The highest BCUT2D eigenvalue weighted by Gasteiger charge is 2.50. The number of sulfonamides is 1. The van der Waals surface area contributed by atoms with Gasteiger partial charge in [0.15, 0.2) is 9.84 Å². The Bertz CT molecular complexity index is 1080. The van der Waals surface area contributed by atoms with Crippen molar-refractivity contribution in [3.05, 3.63) is 23.3 Å². The molecule has 0 saturated carbocycles. The van der Waals surface area contributed by atoms with Gasteiger partial charge in [-0.15, -0.1) is 0 Å². The largest absolute Gasteiger partial charge is 0.328 e. The van der Waals surface area contributed by atoms with E-state index in [0.717, 1.165) is 6.07 Å². The molecule has 2 amide bonds. The Labute approximate surface area is 171 Å². The van der Waals surface area contributed by atoms with Crippen LogP contribution in [0.4, 0.5) is 0 Å². The molecule has 10 heteroatoms. The van der Waals surface area contributed by atoms with Crippen LogP contribution in [-0.4, -0.2) is 51.4 Å². The van der Waals surface area contributed by atoms with E-state index >= 15 is 0 Å². The summed E-state index contributed by atoms with van der Waals surface area (Å²) in [5, 5.41) is 0. The third-order valence-electron chi connectivity index (χ3n) is 5.74. The molecule has 8 nitrogen and oxygen atoms in total. The number of fused-ring (bicyclic) bond motifs is 1. The molecule has 1 N–H and O–H groups in total. The Kier molecular flexibility index (Phi) is 5.55. The number of carbonyl (C=O) groups is 2. The molecule has 1 aromatic rings. The number of amides is 2. The van der Waals surface area contributed by atoms with Crippen molar-refractivity contribution in [2.75, 3.05) is 12.3 Å². The lowest BCUT2D eigenvalue weighted by Gasteiger charge is -2.49. The fraction of sp³-hybridized carbons (Fsp3) is 0.579. The molecule has 0 bridgehead atoms. The lowest BCUT2D eigenvalue weighted by atomic mass is 9.85. The normalized spacial score (nSPS) is 23.1. The van der Waals surface area contributed by atoms with Gasteiger partial charge in [0.25, 0.3) is 15.9 Å². The molecule has 1 saturated heterocycles. The number of likely N-dealkylation sites (tertiary alicyclic amines) is 1. The number of nitrogens with zero attached hydrogens (tertiary/aromatic N) is 1. The standard InChI is InChI=1S/C19H26N2O6S2/c1-4-6-17(22)21-9-8-19(21,3)18(23)20-29(26,27)15-12-16-14(11-13(15)2)7-5-10-28(16,24)25/h11-12H,4-10H2,1-3H3,(H,20,23). The highest BCUT2D eigenvalue weighted by molar-refractivity contribution is 7.92. The monoisotopic (exact) mass is 442 g/mol. The molecule has 1 atom stereocenters. The third kappa shape index (κ3) is 3.79. The van der Waals surface area contributed by atoms with Crippen LogP contribution in [0.1, 0.15) is 50.7 Å². The topological polar surface area (TPSA) is 118 Å². The zero-order chi connectivity index (χ0) is 21.6. The summed E-state index contributed by atoms with van der Waals surface area (Å²) < 4.78 is 52.6. The molecule has 29 heavy (non-hydrogen) atoms. The summed E-state index contributed by atoms with van der Waals surface area (Å²) in [5.74, 6) is -1.00. The van der Waals surface area contributed by atoms with E-state index in [9.17, 15) is 26.4 Å². The molecule has 0 aliphatic carbocycles. The molecule has 3 rings (SSSR count). The molecule has 1 fully saturated rings. The first kappa shape index (κ1) is 21.8. The maximum atomic E-state index is 12.9. The van der Waals surface area contributed by atoms with E-state index in [4.69, 9.17) is 0 Å². The minimum atomic E-state index is -4.30. The average molecular weight is 443 g/mol.